The zero-order valence-corrected chi connectivity index (χ0v) is 18.6. The lowest BCUT2D eigenvalue weighted by Crippen LogP contribution is -2.24. The topological polar surface area (TPSA) is 84.2 Å². The van der Waals surface area contributed by atoms with Gasteiger partial charge in [-0.2, -0.15) is 0 Å². The highest BCUT2D eigenvalue weighted by Crippen LogP contribution is 2.35. The van der Waals surface area contributed by atoms with Crippen molar-refractivity contribution in [1.29, 1.82) is 0 Å². The fourth-order valence-electron chi connectivity index (χ4n) is 3.34. The smallest absolute Gasteiger partial charge is 0.342 e. The Bertz CT molecular complexity index is 1150. The van der Waals surface area contributed by atoms with Crippen molar-refractivity contribution >= 4 is 38.9 Å². The molecule has 8 heteroatoms. The summed E-state index contributed by atoms with van der Waals surface area (Å²) in [7, 11) is 0. The van der Waals surface area contributed by atoms with Crippen molar-refractivity contribution < 1.29 is 4.92 Å². The van der Waals surface area contributed by atoms with Crippen LogP contribution in [-0.4, -0.2) is 14.9 Å². The summed E-state index contributed by atoms with van der Waals surface area (Å²) in [5, 5.41) is 15.2. The molecule has 0 radical (unpaired) electrons. The molecule has 0 spiro atoms. The quantitative estimate of drug-likeness (QED) is 0.238. The maximum Gasteiger partial charge on any atom is 0.353 e. The highest BCUT2D eigenvalue weighted by atomic mass is 79.9. The lowest BCUT2D eigenvalue weighted by molar-refractivity contribution is -0.383. The zero-order valence-electron chi connectivity index (χ0n) is 17.1. The number of nitrogens with zero attached hydrogens (tertiary/aromatic N) is 4. The van der Waals surface area contributed by atoms with Crippen molar-refractivity contribution in [2.24, 2.45) is 0 Å². The molecular weight excluding hydrogens is 470 g/mol. The van der Waals surface area contributed by atoms with Gasteiger partial charge in [0.15, 0.2) is 0 Å². The van der Waals surface area contributed by atoms with Crippen LogP contribution in [0.4, 0.5) is 23.0 Å². The zero-order chi connectivity index (χ0) is 22.3. The van der Waals surface area contributed by atoms with E-state index in [1.165, 1.54) is 6.33 Å². The number of nitro groups is 1. The molecule has 0 unspecified atom stereocenters. The van der Waals surface area contributed by atoms with Crippen molar-refractivity contribution in [1.82, 2.24) is 9.97 Å². The molecule has 4 aromatic rings. The Morgan fingerprint density at radius 1 is 0.844 bits per heavy atom. The molecule has 7 nitrogen and oxygen atoms in total. The SMILES string of the molecule is O=[N+]([O-])c1c(Nc2ccc(Br)cc2)ncnc1N(Cc1ccccc1)Cc1ccccc1. The second-order valence-corrected chi connectivity index (χ2v) is 8.03. The molecule has 3 aromatic carbocycles. The summed E-state index contributed by atoms with van der Waals surface area (Å²) < 4.78 is 0.915. The fourth-order valence-corrected chi connectivity index (χ4v) is 3.61. The number of halogens is 1. The van der Waals surface area contributed by atoms with E-state index in [1.807, 2.05) is 89.8 Å². The number of benzene rings is 3. The van der Waals surface area contributed by atoms with E-state index in [2.05, 4.69) is 31.2 Å². The molecule has 0 aliphatic carbocycles. The molecular formula is C24H20BrN5O2. The number of hydrogen-bond acceptors (Lipinski definition) is 6. The molecule has 0 amide bonds. The number of hydrogen-bond donors (Lipinski definition) is 1. The normalized spacial score (nSPS) is 10.5. The molecule has 1 aromatic heterocycles. The number of rotatable bonds is 8. The molecule has 0 atom stereocenters. The van der Waals surface area contributed by atoms with E-state index in [1.54, 1.807) is 0 Å². The average Bonchev–Trinajstić information content (AvgIpc) is 2.81. The van der Waals surface area contributed by atoms with Crippen molar-refractivity contribution in [2.75, 3.05) is 10.2 Å². The van der Waals surface area contributed by atoms with E-state index in [4.69, 9.17) is 0 Å². The first-order valence-corrected chi connectivity index (χ1v) is 10.7. The molecule has 1 heterocycles. The molecule has 0 aliphatic heterocycles. The molecule has 0 bridgehead atoms. The van der Waals surface area contributed by atoms with Crippen LogP contribution >= 0.6 is 15.9 Å². The van der Waals surface area contributed by atoms with Crippen LogP contribution in [0.1, 0.15) is 11.1 Å². The Labute approximate surface area is 194 Å². The standard InChI is InChI=1S/C24H20BrN5O2/c25-20-11-13-21(14-12-20)28-23-22(30(31)32)24(27-17-26-23)29(15-18-7-3-1-4-8-18)16-19-9-5-2-6-10-19/h1-14,17H,15-16H2,(H,26,27,28). The fraction of sp³-hybridized carbons (Fsp3) is 0.0833. The van der Waals surface area contributed by atoms with Crippen LogP contribution < -0.4 is 10.2 Å². The molecule has 0 saturated heterocycles. The van der Waals surface area contributed by atoms with Crippen LogP contribution in [0, 0.1) is 10.1 Å². The molecule has 160 valence electrons. The second-order valence-electron chi connectivity index (χ2n) is 7.11. The summed E-state index contributed by atoms with van der Waals surface area (Å²) in [6.07, 6.45) is 1.35. The predicted octanol–water partition coefficient (Wildman–Crippen LogP) is 6.10. The minimum Gasteiger partial charge on any atom is -0.342 e. The third-order valence-corrected chi connectivity index (χ3v) is 5.35. The van der Waals surface area contributed by atoms with Gasteiger partial charge >= 0.3 is 5.69 Å². The largest absolute Gasteiger partial charge is 0.353 e. The second kappa shape index (κ2) is 10.0. The van der Waals surface area contributed by atoms with Gasteiger partial charge in [0.25, 0.3) is 0 Å². The first-order valence-electron chi connectivity index (χ1n) is 9.95. The Hall–Kier alpha value is -3.78. The maximum atomic E-state index is 12.1. The van der Waals surface area contributed by atoms with Crippen LogP contribution in [-0.2, 0) is 13.1 Å². The van der Waals surface area contributed by atoms with E-state index >= 15 is 0 Å². The van der Waals surface area contributed by atoms with Gasteiger partial charge in [0.2, 0.25) is 11.6 Å². The minimum absolute atomic E-state index is 0.147. The van der Waals surface area contributed by atoms with E-state index in [9.17, 15) is 10.1 Å². The minimum atomic E-state index is -0.431. The van der Waals surface area contributed by atoms with Crippen LogP contribution in [0.15, 0.2) is 95.7 Å². The number of aromatic nitrogens is 2. The van der Waals surface area contributed by atoms with Crippen molar-refractivity contribution in [3.05, 3.63) is 117 Å². The Kier molecular flexibility index (Phi) is 6.72. The highest BCUT2D eigenvalue weighted by molar-refractivity contribution is 9.10. The lowest BCUT2D eigenvalue weighted by Gasteiger charge is -2.24. The molecule has 0 aliphatic rings. The van der Waals surface area contributed by atoms with Crippen molar-refractivity contribution in [2.45, 2.75) is 13.1 Å². The summed E-state index contributed by atoms with van der Waals surface area (Å²) in [4.78, 5) is 22.1. The van der Waals surface area contributed by atoms with Gasteiger partial charge in [-0.15, -0.1) is 0 Å². The summed E-state index contributed by atoms with van der Waals surface area (Å²) in [5.74, 6) is 0.408. The summed E-state index contributed by atoms with van der Waals surface area (Å²) in [5.41, 5.74) is 2.58. The average molecular weight is 490 g/mol. The molecule has 1 N–H and O–H groups in total. The summed E-state index contributed by atoms with van der Waals surface area (Å²) in [6, 6.07) is 27.0. The third-order valence-electron chi connectivity index (χ3n) is 4.82. The summed E-state index contributed by atoms with van der Waals surface area (Å²) in [6.45, 7) is 0.927. The lowest BCUT2D eigenvalue weighted by atomic mass is 10.1. The Morgan fingerprint density at radius 3 is 1.94 bits per heavy atom. The van der Waals surface area contributed by atoms with Gasteiger partial charge in [-0.05, 0) is 35.4 Å². The number of anilines is 3. The Balaban J connectivity index is 1.75. The van der Waals surface area contributed by atoms with Crippen LogP contribution in [0.5, 0.6) is 0 Å². The molecule has 32 heavy (non-hydrogen) atoms. The third kappa shape index (κ3) is 5.28. The van der Waals surface area contributed by atoms with Gasteiger partial charge in [0, 0.05) is 23.2 Å². The molecule has 4 rings (SSSR count). The summed E-state index contributed by atoms with van der Waals surface area (Å²) >= 11 is 3.39. The molecule has 0 saturated carbocycles. The number of nitrogens with one attached hydrogen (secondary N) is 1. The maximum absolute atomic E-state index is 12.1. The van der Waals surface area contributed by atoms with Crippen LogP contribution in [0.2, 0.25) is 0 Å². The van der Waals surface area contributed by atoms with Crippen LogP contribution in [0.25, 0.3) is 0 Å². The Morgan fingerprint density at radius 2 is 1.41 bits per heavy atom. The highest BCUT2D eigenvalue weighted by Gasteiger charge is 2.27. The van der Waals surface area contributed by atoms with E-state index in [0.29, 0.717) is 18.8 Å². The first-order chi connectivity index (χ1) is 15.6. The van der Waals surface area contributed by atoms with Gasteiger partial charge in [-0.25, -0.2) is 9.97 Å². The monoisotopic (exact) mass is 489 g/mol. The van der Waals surface area contributed by atoms with Gasteiger partial charge in [0.1, 0.15) is 6.33 Å². The van der Waals surface area contributed by atoms with Gasteiger partial charge in [-0.1, -0.05) is 76.6 Å². The first kappa shape index (κ1) is 21.5. The van der Waals surface area contributed by atoms with Crippen LogP contribution in [0.3, 0.4) is 0 Å². The van der Waals surface area contributed by atoms with Gasteiger partial charge in [-0.3, -0.25) is 10.1 Å². The van der Waals surface area contributed by atoms with Crippen molar-refractivity contribution in [3.8, 4) is 0 Å². The molecule has 0 fully saturated rings. The van der Waals surface area contributed by atoms with Crippen molar-refractivity contribution in [3.63, 3.8) is 0 Å². The van der Waals surface area contributed by atoms with E-state index < -0.39 is 4.92 Å². The predicted molar refractivity (Wildman–Crippen MR) is 129 cm³/mol. The van der Waals surface area contributed by atoms with E-state index in [0.717, 1.165) is 15.6 Å². The van der Waals surface area contributed by atoms with Gasteiger partial charge in [0.05, 0.1) is 4.92 Å². The van der Waals surface area contributed by atoms with Gasteiger partial charge < -0.3 is 10.2 Å². The van der Waals surface area contributed by atoms with E-state index in [-0.39, 0.29) is 17.3 Å².